The molecule has 0 saturated carbocycles. The van der Waals surface area contributed by atoms with E-state index in [1.54, 1.807) is 5.32 Å². The van der Waals surface area contributed by atoms with E-state index in [1.165, 1.54) is 0 Å². The van der Waals surface area contributed by atoms with Crippen molar-refractivity contribution in [2.45, 2.75) is 12.2 Å². The Morgan fingerprint density at radius 1 is 1.36 bits per heavy atom. The number of aliphatic carboxylic acids is 1. The molecule has 120 valence electrons. The maximum absolute atomic E-state index is 12.5. The first-order valence-corrected chi connectivity index (χ1v) is 5.53. The van der Waals surface area contributed by atoms with Crippen molar-refractivity contribution in [1.29, 1.82) is 0 Å². The Hall–Kier alpha value is -2.72. The molecule has 1 amide bonds. The quantitative estimate of drug-likeness (QED) is 0.487. The summed E-state index contributed by atoms with van der Waals surface area (Å²) in [6, 6.07) is -0.879. The van der Waals surface area contributed by atoms with Gasteiger partial charge in [-0.25, -0.2) is 9.18 Å². The van der Waals surface area contributed by atoms with Gasteiger partial charge in [-0.2, -0.15) is 13.2 Å². The summed E-state index contributed by atoms with van der Waals surface area (Å²) in [7, 11) is 0. The third-order valence-corrected chi connectivity index (χ3v) is 2.52. The zero-order chi connectivity index (χ0) is 17.1. The fraction of sp³-hybridized carbons (Fsp3) is 0.273. The van der Waals surface area contributed by atoms with Crippen LogP contribution in [0.25, 0.3) is 0 Å². The van der Waals surface area contributed by atoms with E-state index < -0.39 is 52.5 Å². The highest BCUT2D eigenvalue weighted by Crippen LogP contribution is 2.33. The summed E-state index contributed by atoms with van der Waals surface area (Å²) < 4.78 is 49.8. The first-order valence-electron chi connectivity index (χ1n) is 5.53. The van der Waals surface area contributed by atoms with Crippen LogP contribution in [0.4, 0.5) is 23.2 Å². The molecule has 11 heteroatoms. The molecule has 0 bridgehead atoms. The number of hydrogen-bond donors (Lipinski definition) is 2. The van der Waals surface area contributed by atoms with Gasteiger partial charge in [0, 0.05) is 6.07 Å². The van der Waals surface area contributed by atoms with Crippen molar-refractivity contribution in [3.8, 4) is 0 Å². The lowest BCUT2D eigenvalue weighted by molar-refractivity contribution is -0.385. The predicted molar refractivity (Wildman–Crippen MR) is 63.0 cm³/mol. The molecule has 0 aromatic heterocycles. The summed E-state index contributed by atoms with van der Waals surface area (Å²) in [6.45, 7) is -1.49. The second-order valence-corrected chi connectivity index (χ2v) is 4.01. The summed E-state index contributed by atoms with van der Waals surface area (Å²) >= 11 is 0. The molecule has 1 unspecified atom stereocenters. The third-order valence-electron chi connectivity index (χ3n) is 2.52. The Morgan fingerprint density at radius 2 is 1.95 bits per heavy atom. The first kappa shape index (κ1) is 17.3. The number of benzene rings is 1. The lowest BCUT2D eigenvalue weighted by atomic mass is 10.1. The number of carbonyl (C=O) groups excluding carboxylic acids is 1. The lowest BCUT2D eigenvalue weighted by Crippen LogP contribution is -2.42. The van der Waals surface area contributed by atoms with E-state index in [4.69, 9.17) is 5.11 Å². The monoisotopic (exact) mass is 324 g/mol. The van der Waals surface area contributed by atoms with E-state index in [-0.39, 0.29) is 6.07 Å². The zero-order valence-corrected chi connectivity index (χ0v) is 10.6. The predicted octanol–water partition coefficient (Wildman–Crippen LogP) is 1.77. The number of nitrogens with one attached hydrogen (secondary N) is 1. The zero-order valence-electron chi connectivity index (χ0n) is 10.6. The van der Waals surface area contributed by atoms with Gasteiger partial charge in [0.2, 0.25) is 0 Å². The van der Waals surface area contributed by atoms with E-state index in [0.29, 0.717) is 12.1 Å². The molecule has 2 N–H and O–H groups in total. The van der Waals surface area contributed by atoms with Crippen molar-refractivity contribution < 1.29 is 37.2 Å². The van der Waals surface area contributed by atoms with Crippen LogP contribution >= 0.6 is 0 Å². The highest BCUT2D eigenvalue weighted by molar-refractivity contribution is 6.00. The van der Waals surface area contributed by atoms with Crippen LogP contribution in [0.2, 0.25) is 0 Å². The van der Waals surface area contributed by atoms with Crippen LogP contribution in [0, 0.1) is 10.1 Å². The molecule has 0 aliphatic heterocycles. The molecule has 0 spiro atoms. The van der Waals surface area contributed by atoms with Crippen molar-refractivity contribution in [2.75, 3.05) is 6.67 Å². The second-order valence-electron chi connectivity index (χ2n) is 4.01. The summed E-state index contributed by atoms with van der Waals surface area (Å²) in [5.41, 5.74) is -3.33. The van der Waals surface area contributed by atoms with Crippen LogP contribution < -0.4 is 5.32 Å². The molecule has 1 rings (SSSR count). The molecule has 0 saturated heterocycles. The van der Waals surface area contributed by atoms with Gasteiger partial charge in [0.25, 0.3) is 11.6 Å². The molecule has 0 radical (unpaired) electrons. The van der Waals surface area contributed by atoms with Crippen LogP contribution in [0.5, 0.6) is 0 Å². The normalized spacial score (nSPS) is 12.5. The van der Waals surface area contributed by atoms with Gasteiger partial charge in [0.15, 0.2) is 6.04 Å². The van der Waals surface area contributed by atoms with Gasteiger partial charge < -0.3 is 10.4 Å². The van der Waals surface area contributed by atoms with Crippen LogP contribution in [-0.2, 0) is 11.0 Å². The minimum Gasteiger partial charge on any atom is -0.480 e. The Labute approximate surface area is 119 Å². The Balaban J connectivity index is 3.21. The maximum Gasteiger partial charge on any atom is 0.416 e. The van der Waals surface area contributed by atoms with Crippen LogP contribution in [-0.4, -0.2) is 34.6 Å². The SMILES string of the molecule is O=C(NC(CF)C(=O)O)c1ccc(C(F)(F)F)cc1[N+](=O)[O-]. The van der Waals surface area contributed by atoms with Gasteiger partial charge in [-0.3, -0.25) is 14.9 Å². The smallest absolute Gasteiger partial charge is 0.416 e. The Kier molecular flexibility index (Phi) is 5.02. The molecular weight excluding hydrogens is 316 g/mol. The highest BCUT2D eigenvalue weighted by atomic mass is 19.4. The molecule has 22 heavy (non-hydrogen) atoms. The molecule has 7 nitrogen and oxygen atoms in total. The summed E-state index contributed by atoms with van der Waals surface area (Å²) in [5.74, 6) is -3.10. The highest BCUT2D eigenvalue weighted by Gasteiger charge is 2.34. The average molecular weight is 324 g/mol. The average Bonchev–Trinajstić information content (AvgIpc) is 2.42. The Morgan fingerprint density at radius 3 is 2.36 bits per heavy atom. The van der Waals surface area contributed by atoms with Gasteiger partial charge >= 0.3 is 12.1 Å². The number of nitrogens with zero attached hydrogens (tertiary/aromatic N) is 1. The van der Waals surface area contributed by atoms with E-state index >= 15 is 0 Å². The van der Waals surface area contributed by atoms with E-state index in [0.717, 1.165) is 0 Å². The van der Waals surface area contributed by atoms with Crippen LogP contribution in [0.3, 0.4) is 0 Å². The molecule has 1 atom stereocenters. The minimum absolute atomic E-state index is 0.139. The van der Waals surface area contributed by atoms with Crippen molar-refractivity contribution in [3.63, 3.8) is 0 Å². The molecule has 1 aromatic rings. The van der Waals surface area contributed by atoms with E-state index in [2.05, 4.69) is 0 Å². The summed E-state index contributed by atoms with van der Waals surface area (Å²) in [4.78, 5) is 31.8. The number of rotatable bonds is 5. The third kappa shape index (κ3) is 3.90. The number of carboxylic acids is 1. The topological polar surface area (TPSA) is 110 Å². The molecular formula is C11H8F4N2O5. The molecule has 0 aliphatic carbocycles. The fourth-order valence-electron chi connectivity index (χ4n) is 1.45. The largest absolute Gasteiger partial charge is 0.480 e. The molecule has 0 aliphatic rings. The van der Waals surface area contributed by atoms with E-state index in [1.807, 2.05) is 0 Å². The maximum atomic E-state index is 12.5. The lowest BCUT2D eigenvalue weighted by Gasteiger charge is -2.12. The van der Waals surface area contributed by atoms with Gasteiger partial charge in [-0.1, -0.05) is 0 Å². The fourth-order valence-corrected chi connectivity index (χ4v) is 1.45. The number of hydrogen-bond acceptors (Lipinski definition) is 4. The van der Waals surface area contributed by atoms with Crippen LogP contribution in [0.1, 0.15) is 15.9 Å². The number of nitro benzene ring substituents is 1. The van der Waals surface area contributed by atoms with Crippen molar-refractivity contribution in [3.05, 3.63) is 39.4 Å². The number of carbonyl (C=O) groups is 2. The second kappa shape index (κ2) is 6.37. The first-order chi connectivity index (χ1) is 10.1. The summed E-state index contributed by atoms with van der Waals surface area (Å²) in [5, 5.41) is 21.0. The van der Waals surface area contributed by atoms with Gasteiger partial charge in [0.05, 0.1) is 10.5 Å². The van der Waals surface area contributed by atoms with Crippen molar-refractivity contribution in [1.82, 2.24) is 5.32 Å². The molecule has 1 aromatic carbocycles. The molecule has 0 heterocycles. The Bertz CT molecular complexity index is 617. The number of alkyl halides is 4. The van der Waals surface area contributed by atoms with Crippen LogP contribution in [0.15, 0.2) is 18.2 Å². The van der Waals surface area contributed by atoms with Crippen molar-refractivity contribution >= 4 is 17.6 Å². The minimum atomic E-state index is -4.86. The number of carboxylic acid groups (broad SMARTS) is 1. The summed E-state index contributed by atoms with van der Waals surface area (Å²) in [6.07, 6.45) is -4.86. The standard InChI is InChI=1S/C11H8F4N2O5/c12-4-7(10(19)20)16-9(18)6-2-1-5(11(13,14)15)3-8(6)17(21)22/h1-3,7H,4H2,(H,16,18)(H,19,20). The molecule has 0 fully saturated rings. The van der Waals surface area contributed by atoms with Gasteiger partial charge in [-0.15, -0.1) is 0 Å². The van der Waals surface area contributed by atoms with Gasteiger partial charge in [0.1, 0.15) is 12.2 Å². The number of amides is 1. The van der Waals surface area contributed by atoms with E-state index in [9.17, 15) is 37.3 Å². The number of nitro groups is 1. The van der Waals surface area contributed by atoms with Crippen molar-refractivity contribution in [2.24, 2.45) is 0 Å². The van der Waals surface area contributed by atoms with Gasteiger partial charge in [-0.05, 0) is 12.1 Å². The number of halogens is 4.